The second-order valence-corrected chi connectivity index (χ2v) is 9.59. The van der Waals surface area contributed by atoms with E-state index >= 15 is 0 Å². The third-order valence-electron chi connectivity index (χ3n) is 5.35. The second kappa shape index (κ2) is 9.47. The molecule has 3 aromatic rings. The Bertz CT molecular complexity index is 1240. The predicted octanol–water partition coefficient (Wildman–Crippen LogP) is 3.60. The molecule has 180 valence electrons. The number of piperazine rings is 1. The molecule has 0 saturated carbocycles. The normalized spacial score (nSPS) is 15.3. The van der Waals surface area contributed by atoms with Crippen molar-refractivity contribution >= 4 is 27.3 Å². The molecule has 3 heterocycles. The summed E-state index contributed by atoms with van der Waals surface area (Å²) in [6.45, 7) is 0.736. The summed E-state index contributed by atoms with van der Waals surface area (Å²) in [5, 5.41) is 2.52. The summed E-state index contributed by atoms with van der Waals surface area (Å²) in [6, 6.07) is 10.9. The van der Waals surface area contributed by atoms with Gasteiger partial charge in [0.15, 0.2) is 0 Å². The molecular formula is C22H21F3N4O4S. The lowest BCUT2D eigenvalue weighted by Gasteiger charge is -2.36. The van der Waals surface area contributed by atoms with E-state index in [0.29, 0.717) is 11.4 Å². The summed E-state index contributed by atoms with van der Waals surface area (Å²) in [7, 11) is -3.62. The molecule has 1 amide bonds. The van der Waals surface area contributed by atoms with Crippen molar-refractivity contribution in [2.75, 3.05) is 36.4 Å². The maximum atomic E-state index is 13.3. The maximum Gasteiger partial charge on any atom is 0.416 e. The van der Waals surface area contributed by atoms with Crippen LogP contribution in [-0.2, 0) is 22.0 Å². The van der Waals surface area contributed by atoms with Crippen molar-refractivity contribution in [3.05, 3.63) is 78.0 Å². The van der Waals surface area contributed by atoms with Crippen LogP contribution in [0, 0.1) is 0 Å². The van der Waals surface area contributed by atoms with Crippen LogP contribution in [0.3, 0.4) is 0 Å². The number of aromatic nitrogens is 1. The van der Waals surface area contributed by atoms with Gasteiger partial charge in [-0.25, -0.2) is 8.42 Å². The standard InChI is InChI=1S/C22H21F3N4O4S/c23-22(24,25)16-6-7-20(19(14-16)27-21(30)18-5-1-2-8-26-18)28-9-11-29(12-10-28)34(31,32)15-17-4-3-13-33-17/h1-8,13-14H,9-12,15H2,(H,27,30). The van der Waals surface area contributed by atoms with E-state index in [1.807, 2.05) is 0 Å². The molecule has 1 aliphatic heterocycles. The van der Waals surface area contributed by atoms with Crippen LogP contribution in [0.2, 0.25) is 0 Å². The summed E-state index contributed by atoms with van der Waals surface area (Å²) < 4.78 is 71.8. The first kappa shape index (κ1) is 23.8. The van der Waals surface area contributed by atoms with Crippen molar-refractivity contribution in [1.29, 1.82) is 0 Å². The third kappa shape index (κ3) is 5.39. The molecule has 2 aromatic heterocycles. The molecule has 12 heteroatoms. The van der Waals surface area contributed by atoms with E-state index in [-0.39, 0.29) is 43.3 Å². The zero-order valence-electron chi connectivity index (χ0n) is 17.8. The number of nitrogens with zero attached hydrogens (tertiary/aromatic N) is 3. The minimum absolute atomic E-state index is 0.0302. The van der Waals surface area contributed by atoms with Gasteiger partial charge in [-0.2, -0.15) is 17.5 Å². The van der Waals surface area contributed by atoms with Crippen LogP contribution in [0.5, 0.6) is 0 Å². The van der Waals surface area contributed by atoms with Gasteiger partial charge in [-0.3, -0.25) is 9.78 Å². The van der Waals surface area contributed by atoms with Crippen molar-refractivity contribution in [3.8, 4) is 0 Å². The van der Waals surface area contributed by atoms with E-state index in [1.165, 1.54) is 28.9 Å². The molecule has 0 spiro atoms. The Morgan fingerprint density at radius 2 is 1.82 bits per heavy atom. The summed E-state index contributed by atoms with van der Waals surface area (Å²) in [5.41, 5.74) is -0.523. The highest BCUT2D eigenvalue weighted by molar-refractivity contribution is 7.88. The van der Waals surface area contributed by atoms with Gasteiger partial charge < -0.3 is 14.6 Å². The van der Waals surface area contributed by atoms with Crippen LogP contribution in [0.15, 0.2) is 65.4 Å². The number of carbonyl (C=O) groups is 1. The first-order chi connectivity index (χ1) is 16.1. The lowest BCUT2D eigenvalue weighted by molar-refractivity contribution is -0.137. The highest BCUT2D eigenvalue weighted by Gasteiger charge is 2.33. The second-order valence-electron chi connectivity index (χ2n) is 7.62. The van der Waals surface area contributed by atoms with Gasteiger partial charge in [0.1, 0.15) is 17.2 Å². The molecule has 8 nitrogen and oxygen atoms in total. The smallest absolute Gasteiger partial charge is 0.416 e. The molecule has 34 heavy (non-hydrogen) atoms. The fourth-order valence-electron chi connectivity index (χ4n) is 3.64. The van der Waals surface area contributed by atoms with E-state index < -0.39 is 27.7 Å². The largest absolute Gasteiger partial charge is 0.468 e. The average molecular weight is 494 g/mol. The number of sulfonamides is 1. The zero-order chi connectivity index (χ0) is 24.3. The number of hydrogen-bond donors (Lipinski definition) is 1. The summed E-state index contributed by atoms with van der Waals surface area (Å²) in [5.74, 6) is -0.600. The predicted molar refractivity (Wildman–Crippen MR) is 119 cm³/mol. The first-order valence-electron chi connectivity index (χ1n) is 10.3. The van der Waals surface area contributed by atoms with Gasteiger partial charge in [-0.15, -0.1) is 0 Å². The number of benzene rings is 1. The molecule has 1 saturated heterocycles. The third-order valence-corrected chi connectivity index (χ3v) is 7.15. The van der Waals surface area contributed by atoms with Crippen molar-refractivity contribution in [1.82, 2.24) is 9.29 Å². The highest BCUT2D eigenvalue weighted by Crippen LogP contribution is 2.36. The highest BCUT2D eigenvalue weighted by atomic mass is 32.2. The van der Waals surface area contributed by atoms with Crippen LogP contribution in [0.4, 0.5) is 24.5 Å². The number of alkyl halides is 3. The van der Waals surface area contributed by atoms with E-state index in [1.54, 1.807) is 29.2 Å². The first-order valence-corrected chi connectivity index (χ1v) is 11.9. The number of rotatable bonds is 6. The topological polar surface area (TPSA) is 95.8 Å². The monoisotopic (exact) mass is 494 g/mol. The Morgan fingerprint density at radius 1 is 1.06 bits per heavy atom. The minimum Gasteiger partial charge on any atom is -0.468 e. The summed E-state index contributed by atoms with van der Waals surface area (Å²) >= 11 is 0. The van der Waals surface area contributed by atoms with Gasteiger partial charge in [0.2, 0.25) is 10.0 Å². The van der Waals surface area contributed by atoms with Crippen LogP contribution in [-0.4, -0.2) is 49.8 Å². The average Bonchev–Trinajstić information content (AvgIpc) is 3.31. The van der Waals surface area contributed by atoms with Crippen LogP contribution >= 0.6 is 0 Å². The quantitative estimate of drug-likeness (QED) is 0.563. The molecule has 1 aromatic carbocycles. The lowest BCUT2D eigenvalue weighted by Crippen LogP contribution is -2.49. The van der Waals surface area contributed by atoms with Crippen molar-refractivity contribution in [2.45, 2.75) is 11.9 Å². The summed E-state index contributed by atoms with van der Waals surface area (Å²) in [4.78, 5) is 18.2. The maximum absolute atomic E-state index is 13.3. The van der Waals surface area contributed by atoms with Gasteiger partial charge in [-0.05, 0) is 42.5 Å². The molecule has 1 aliphatic rings. The number of carbonyl (C=O) groups excluding carboxylic acids is 1. The van der Waals surface area contributed by atoms with E-state index in [2.05, 4.69) is 10.3 Å². The van der Waals surface area contributed by atoms with E-state index in [4.69, 9.17) is 4.42 Å². The lowest BCUT2D eigenvalue weighted by atomic mass is 10.1. The van der Waals surface area contributed by atoms with Gasteiger partial charge in [0, 0.05) is 32.4 Å². The number of amides is 1. The Balaban J connectivity index is 1.53. The molecule has 4 rings (SSSR count). The molecule has 0 bridgehead atoms. The van der Waals surface area contributed by atoms with E-state index in [9.17, 15) is 26.4 Å². The van der Waals surface area contributed by atoms with E-state index in [0.717, 1.165) is 12.1 Å². The van der Waals surface area contributed by atoms with Gasteiger partial charge in [0.05, 0.1) is 23.2 Å². The van der Waals surface area contributed by atoms with Gasteiger partial charge >= 0.3 is 6.18 Å². The van der Waals surface area contributed by atoms with Gasteiger partial charge in [-0.1, -0.05) is 6.07 Å². The molecule has 0 atom stereocenters. The number of nitrogens with one attached hydrogen (secondary N) is 1. The van der Waals surface area contributed by atoms with Crippen molar-refractivity contribution in [3.63, 3.8) is 0 Å². The summed E-state index contributed by atoms with van der Waals surface area (Å²) in [6.07, 6.45) is -1.79. The molecule has 0 radical (unpaired) electrons. The van der Waals surface area contributed by atoms with Crippen LogP contribution < -0.4 is 10.2 Å². The number of anilines is 2. The Labute approximate surface area is 194 Å². The number of halogens is 3. The molecular weight excluding hydrogens is 473 g/mol. The number of hydrogen-bond acceptors (Lipinski definition) is 6. The Kier molecular flexibility index (Phi) is 6.62. The Hall–Kier alpha value is -3.38. The van der Waals surface area contributed by atoms with Crippen LogP contribution in [0.1, 0.15) is 21.8 Å². The zero-order valence-corrected chi connectivity index (χ0v) is 18.6. The molecule has 0 aliphatic carbocycles. The Morgan fingerprint density at radius 3 is 2.44 bits per heavy atom. The fraction of sp³-hybridized carbons (Fsp3) is 0.273. The SMILES string of the molecule is O=C(Nc1cc(C(F)(F)F)ccc1N1CCN(S(=O)(=O)Cc2ccco2)CC1)c1ccccn1. The fourth-order valence-corrected chi connectivity index (χ4v) is 5.07. The molecule has 0 unspecified atom stereocenters. The number of pyridine rings is 1. The van der Waals surface area contributed by atoms with Crippen molar-refractivity contribution in [2.24, 2.45) is 0 Å². The number of furan rings is 1. The van der Waals surface area contributed by atoms with Gasteiger partial charge in [0.25, 0.3) is 5.91 Å². The van der Waals surface area contributed by atoms with Crippen LogP contribution in [0.25, 0.3) is 0 Å². The van der Waals surface area contributed by atoms with Crippen molar-refractivity contribution < 1.29 is 30.8 Å². The molecule has 1 fully saturated rings. The molecule has 1 N–H and O–H groups in total. The minimum atomic E-state index is -4.60.